The number of nitrogens with two attached hydrogens (primary N) is 2. The third-order valence-corrected chi connectivity index (χ3v) is 3.02. The van der Waals surface area contributed by atoms with Gasteiger partial charge in [0.2, 0.25) is 5.88 Å². The van der Waals surface area contributed by atoms with Gasteiger partial charge in [-0.2, -0.15) is 4.98 Å². The zero-order valence-electron chi connectivity index (χ0n) is 9.48. The molecule has 4 N–H and O–H groups in total. The van der Waals surface area contributed by atoms with Crippen LogP contribution in [0.15, 0.2) is 12.1 Å². The molecule has 1 aliphatic rings. The molecule has 0 atom stereocenters. The minimum atomic E-state index is 0.290. The molecule has 0 spiro atoms. The van der Waals surface area contributed by atoms with Crippen LogP contribution in [0.4, 0.5) is 11.5 Å². The molecule has 1 aliphatic carbocycles. The molecule has 0 aromatic carbocycles. The van der Waals surface area contributed by atoms with E-state index in [1.54, 1.807) is 12.1 Å². The second-order valence-electron chi connectivity index (χ2n) is 4.36. The lowest BCUT2D eigenvalue weighted by atomic mass is 10.1. The fourth-order valence-electron chi connectivity index (χ4n) is 2.06. The van der Waals surface area contributed by atoms with Crippen molar-refractivity contribution < 1.29 is 4.74 Å². The van der Waals surface area contributed by atoms with E-state index in [4.69, 9.17) is 16.2 Å². The minimum Gasteiger partial charge on any atom is -0.474 e. The first-order valence-corrected chi connectivity index (χ1v) is 5.94. The van der Waals surface area contributed by atoms with Gasteiger partial charge in [0.15, 0.2) is 5.82 Å². The largest absolute Gasteiger partial charge is 0.474 e. The zero-order valence-corrected chi connectivity index (χ0v) is 9.48. The highest BCUT2D eigenvalue weighted by molar-refractivity contribution is 5.58. The first-order valence-electron chi connectivity index (χ1n) is 5.94. The molecule has 88 valence electrons. The number of nitrogens with zero attached hydrogens (tertiary/aromatic N) is 1. The van der Waals surface area contributed by atoms with Crippen molar-refractivity contribution in [2.75, 3.05) is 11.5 Å². The van der Waals surface area contributed by atoms with E-state index in [2.05, 4.69) is 4.98 Å². The highest BCUT2D eigenvalue weighted by Gasteiger charge is 2.14. The molecule has 0 saturated heterocycles. The number of aromatic nitrogens is 1. The van der Waals surface area contributed by atoms with Gasteiger partial charge in [-0.1, -0.05) is 12.8 Å². The first-order chi connectivity index (χ1) is 7.75. The minimum absolute atomic E-state index is 0.290. The maximum atomic E-state index is 5.82. The summed E-state index contributed by atoms with van der Waals surface area (Å²) in [6.07, 6.45) is 7.65. The molecular weight excluding hydrogens is 202 g/mol. The summed E-state index contributed by atoms with van der Waals surface area (Å²) in [6.45, 7) is 0. The van der Waals surface area contributed by atoms with E-state index >= 15 is 0 Å². The van der Waals surface area contributed by atoms with Crippen molar-refractivity contribution in [1.82, 2.24) is 4.98 Å². The molecule has 1 saturated carbocycles. The Labute approximate surface area is 96.0 Å². The van der Waals surface area contributed by atoms with Gasteiger partial charge in [-0.15, -0.1) is 0 Å². The van der Waals surface area contributed by atoms with Gasteiger partial charge in [-0.3, -0.25) is 0 Å². The molecule has 0 unspecified atom stereocenters. The summed E-state index contributed by atoms with van der Waals surface area (Å²) in [5, 5.41) is 0. The van der Waals surface area contributed by atoms with Crippen LogP contribution in [-0.2, 0) is 0 Å². The molecule has 0 radical (unpaired) electrons. The smallest absolute Gasteiger partial charge is 0.215 e. The monoisotopic (exact) mass is 221 g/mol. The van der Waals surface area contributed by atoms with Gasteiger partial charge >= 0.3 is 0 Å². The standard InChI is InChI=1S/C12H19N3O/c13-10-7-8-11(15-12(10)14)16-9-5-3-1-2-4-6-9/h7-9H,1-6,13H2,(H2,14,15). The number of hydrogen-bond donors (Lipinski definition) is 2. The molecule has 2 rings (SSSR count). The summed E-state index contributed by atoms with van der Waals surface area (Å²) in [5.41, 5.74) is 11.8. The summed E-state index contributed by atoms with van der Waals surface area (Å²) in [4.78, 5) is 4.13. The van der Waals surface area contributed by atoms with E-state index in [0.29, 0.717) is 17.4 Å². The zero-order chi connectivity index (χ0) is 11.4. The lowest BCUT2D eigenvalue weighted by molar-refractivity contribution is 0.176. The van der Waals surface area contributed by atoms with Gasteiger partial charge in [-0.25, -0.2) is 0 Å². The summed E-state index contributed by atoms with van der Waals surface area (Å²) in [6, 6.07) is 3.53. The summed E-state index contributed by atoms with van der Waals surface area (Å²) in [5.74, 6) is 0.949. The Morgan fingerprint density at radius 1 is 1.06 bits per heavy atom. The van der Waals surface area contributed by atoms with Crippen LogP contribution in [0.5, 0.6) is 5.88 Å². The van der Waals surface area contributed by atoms with Gasteiger partial charge in [0, 0.05) is 6.07 Å². The summed E-state index contributed by atoms with van der Waals surface area (Å²) >= 11 is 0. The second kappa shape index (κ2) is 5.05. The number of nitrogen functional groups attached to an aromatic ring is 2. The van der Waals surface area contributed by atoms with Crippen LogP contribution in [0.1, 0.15) is 38.5 Å². The van der Waals surface area contributed by atoms with Crippen LogP contribution >= 0.6 is 0 Å². The molecule has 0 aliphatic heterocycles. The molecule has 4 heteroatoms. The van der Waals surface area contributed by atoms with Crippen LogP contribution in [-0.4, -0.2) is 11.1 Å². The Bertz CT molecular complexity index is 346. The Kier molecular flexibility index (Phi) is 3.49. The van der Waals surface area contributed by atoms with Crippen molar-refractivity contribution in [2.45, 2.75) is 44.6 Å². The van der Waals surface area contributed by atoms with Crippen molar-refractivity contribution in [3.63, 3.8) is 0 Å². The fraction of sp³-hybridized carbons (Fsp3) is 0.583. The van der Waals surface area contributed by atoms with Gasteiger partial charge in [-0.05, 0) is 31.7 Å². The van der Waals surface area contributed by atoms with Crippen molar-refractivity contribution in [3.8, 4) is 5.88 Å². The van der Waals surface area contributed by atoms with Crippen molar-refractivity contribution >= 4 is 11.5 Å². The molecule has 4 nitrogen and oxygen atoms in total. The van der Waals surface area contributed by atoms with Crippen LogP contribution in [0.25, 0.3) is 0 Å². The van der Waals surface area contributed by atoms with E-state index in [9.17, 15) is 0 Å². The van der Waals surface area contributed by atoms with Gasteiger partial charge < -0.3 is 16.2 Å². The fourth-order valence-corrected chi connectivity index (χ4v) is 2.06. The van der Waals surface area contributed by atoms with Crippen molar-refractivity contribution in [1.29, 1.82) is 0 Å². The van der Waals surface area contributed by atoms with E-state index in [1.165, 1.54) is 25.7 Å². The Balaban J connectivity index is 1.99. The Morgan fingerprint density at radius 2 is 1.75 bits per heavy atom. The molecule has 1 aromatic rings. The summed E-state index contributed by atoms with van der Waals surface area (Å²) < 4.78 is 5.82. The molecule has 1 fully saturated rings. The average Bonchev–Trinajstić information content (AvgIpc) is 2.52. The van der Waals surface area contributed by atoms with Gasteiger partial charge in [0.25, 0.3) is 0 Å². The maximum absolute atomic E-state index is 5.82. The van der Waals surface area contributed by atoms with Crippen LogP contribution in [0, 0.1) is 0 Å². The van der Waals surface area contributed by atoms with E-state index in [0.717, 1.165) is 12.8 Å². The van der Waals surface area contributed by atoms with Crippen LogP contribution in [0.2, 0.25) is 0 Å². The quantitative estimate of drug-likeness (QED) is 0.752. The van der Waals surface area contributed by atoms with Crippen LogP contribution in [0.3, 0.4) is 0 Å². The lowest BCUT2D eigenvalue weighted by Crippen LogP contribution is -2.16. The van der Waals surface area contributed by atoms with Gasteiger partial charge in [0.05, 0.1) is 5.69 Å². The third-order valence-electron chi connectivity index (χ3n) is 3.02. The number of rotatable bonds is 2. The van der Waals surface area contributed by atoms with Crippen molar-refractivity contribution in [2.24, 2.45) is 0 Å². The summed E-state index contributed by atoms with van der Waals surface area (Å²) in [7, 11) is 0. The molecular formula is C12H19N3O. The topological polar surface area (TPSA) is 74.2 Å². The highest BCUT2D eigenvalue weighted by Crippen LogP contribution is 2.23. The van der Waals surface area contributed by atoms with E-state index in [1.807, 2.05) is 0 Å². The number of pyridine rings is 1. The normalized spacial score (nSPS) is 18.0. The number of hydrogen-bond acceptors (Lipinski definition) is 4. The second-order valence-corrected chi connectivity index (χ2v) is 4.36. The van der Waals surface area contributed by atoms with Crippen molar-refractivity contribution in [3.05, 3.63) is 12.1 Å². The lowest BCUT2D eigenvalue weighted by Gasteiger charge is -2.16. The maximum Gasteiger partial charge on any atom is 0.215 e. The predicted octanol–water partition coefficient (Wildman–Crippen LogP) is 2.35. The number of anilines is 2. The highest BCUT2D eigenvalue weighted by atomic mass is 16.5. The third kappa shape index (κ3) is 2.78. The molecule has 16 heavy (non-hydrogen) atoms. The Morgan fingerprint density at radius 3 is 2.38 bits per heavy atom. The number of ether oxygens (including phenoxy) is 1. The molecule has 1 aromatic heterocycles. The Hall–Kier alpha value is -1.45. The van der Waals surface area contributed by atoms with Gasteiger partial charge in [0.1, 0.15) is 6.10 Å². The van der Waals surface area contributed by atoms with Crippen LogP contribution < -0.4 is 16.2 Å². The molecule has 0 bridgehead atoms. The SMILES string of the molecule is Nc1ccc(OC2CCCCCC2)nc1N. The molecule has 0 amide bonds. The predicted molar refractivity (Wildman–Crippen MR) is 65.2 cm³/mol. The first kappa shape index (κ1) is 11.0. The average molecular weight is 221 g/mol. The molecule has 1 heterocycles. The van der Waals surface area contributed by atoms with E-state index < -0.39 is 0 Å². The van der Waals surface area contributed by atoms with E-state index in [-0.39, 0.29) is 6.10 Å².